The van der Waals surface area contributed by atoms with Gasteiger partial charge < -0.3 is 154 Å². The molecule has 6 rings (SSSR count). The van der Waals surface area contributed by atoms with Crippen LogP contribution in [0.4, 0.5) is 0 Å². The normalized spacial score (nSPS) is 19.4. The highest BCUT2D eigenvalue weighted by atomic mass is 16.4. The maximum atomic E-state index is 14.9. The van der Waals surface area contributed by atoms with Gasteiger partial charge in [0.25, 0.3) is 0 Å². The minimum atomic E-state index is -1.78. The molecule has 0 spiro atoms. The number of carboxylic acid groups (broad SMARTS) is 1. The van der Waals surface area contributed by atoms with Gasteiger partial charge in [0.05, 0.1) is 39.0 Å². The molecule has 51 nitrogen and oxygen atoms in total. The van der Waals surface area contributed by atoms with E-state index in [1.54, 1.807) is 44.2 Å². The lowest BCUT2D eigenvalue weighted by atomic mass is 10.0. The molecule has 5 fully saturated rings. The van der Waals surface area contributed by atoms with E-state index in [0.717, 1.165) is 4.90 Å². The van der Waals surface area contributed by atoms with Crippen LogP contribution in [0.25, 0.3) is 0 Å². The number of likely N-dealkylation sites (tertiary alicyclic amines) is 5. The molecular weight excluding hydrogens is 1800 g/mol. The Bertz CT molecular complexity index is 4420. The van der Waals surface area contributed by atoms with Gasteiger partial charge in [0.2, 0.25) is 118 Å². The number of primary amides is 2. The average molecular weight is 1940 g/mol. The number of guanidine groups is 1. The number of aliphatic hydroxyl groups excluding tert-OH is 3. The predicted molar refractivity (Wildman–Crippen MR) is 486 cm³/mol. The van der Waals surface area contributed by atoms with Gasteiger partial charge in [-0.3, -0.25) is 101 Å². The number of aliphatic carboxylic acids is 1. The van der Waals surface area contributed by atoms with Crippen molar-refractivity contribution >= 4 is 130 Å². The molecule has 51 heteroatoms. The van der Waals surface area contributed by atoms with Gasteiger partial charge in [0.15, 0.2) is 5.96 Å². The molecule has 1 aromatic carbocycles. The first-order valence-corrected chi connectivity index (χ1v) is 46.4. The number of nitrogens with two attached hydrogens (primary N) is 6. The van der Waals surface area contributed by atoms with Gasteiger partial charge >= 0.3 is 5.97 Å². The fraction of sp³-hybridized carbons (Fsp3) is 0.674. The van der Waals surface area contributed by atoms with Crippen molar-refractivity contribution in [3.63, 3.8) is 0 Å². The molecule has 0 radical (unpaired) electrons. The van der Waals surface area contributed by atoms with Gasteiger partial charge in [-0.15, -0.1) is 0 Å². The number of benzene rings is 1. The zero-order chi connectivity index (χ0) is 101. The van der Waals surface area contributed by atoms with E-state index in [4.69, 9.17) is 39.8 Å². The van der Waals surface area contributed by atoms with E-state index < -0.39 is 272 Å². The third-order valence-corrected chi connectivity index (χ3v) is 24.2. The summed E-state index contributed by atoms with van der Waals surface area (Å²) in [4.78, 5) is 293. The lowest BCUT2D eigenvalue weighted by molar-refractivity contribution is -0.146. The highest BCUT2D eigenvalue weighted by Crippen LogP contribution is 2.27. The maximum absolute atomic E-state index is 14.9. The minimum absolute atomic E-state index is 0.00365. The quantitative estimate of drug-likeness (QED) is 0.0164. The van der Waals surface area contributed by atoms with E-state index in [1.807, 2.05) is 0 Å². The number of nitrogens with one attached hydrogen (secondary N) is 15. The summed E-state index contributed by atoms with van der Waals surface area (Å²) in [6.07, 6.45) is 2.05. The SMILES string of the molecule is CC(C)[C@H](NC(=O)[C@@H]1CCCN1C(=O)CNC(=O)[C@H](CO)NC(=O)[C@H](CCC(N)=O)NC(=O)[C@H](C)N)C(=O)N[C@@H](CCCNC(=N)N)C(=O)N[C@@H](CO)C(=O)NCC(=O)N1CCC[C@H]1C(=O)N[C@@H](CCCCN)C(=O)N1CCC[C@H]1C(=O)N[C@@H](Cc1ccccc1)C(=O)N[C@@H](CO)C(=O)N[C@@H](C)C(=O)N1CCC[C@H]1C(=O)N[C@@H](CCCCN)C(=O)N1CCC[C@H]1C(=O)N[C@@H](CCC(N)=O)C(=O)O. The predicted octanol–water partition coefficient (Wildman–Crippen LogP) is -11.1. The Balaban J connectivity index is 1.06. The number of amides is 20. The summed E-state index contributed by atoms with van der Waals surface area (Å²) in [5, 5.41) is 83.6. The van der Waals surface area contributed by atoms with Crippen LogP contribution < -0.4 is 109 Å². The minimum Gasteiger partial charge on any atom is -0.480 e. The van der Waals surface area contributed by atoms with Crippen LogP contribution in [-0.4, -0.2) is 363 Å². The molecule has 762 valence electrons. The monoisotopic (exact) mass is 1940 g/mol. The second-order valence-corrected chi connectivity index (χ2v) is 34.9. The number of carbonyl (C=O) groups excluding carboxylic acids is 20. The number of unbranched alkanes of at least 4 members (excludes halogenated alkanes) is 2. The second-order valence-electron chi connectivity index (χ2n) is 34.9. The number of carboxylic acids is 1. The fourth-order valence-electron chi connectivity index (χ4n) is 16.7. The highest BCUT2D eigenvalue weighted by Gasteiger charge is 2.47. The van der Waals surface area contributed by atoms with Crippen LogP contribution in [0, 0.1) is 11.3 Å². The molecular formula is C86H138N26O25. The number of rotatable bonds is 56. The Hall–Kier alpha value is -12.9. The first kappa shape index (κ1) is 113. The summed E-state index contributed by atoms with van der Waals surface area (Å²) in [5.41, 5.74) is 33.7. The van der Waals surface area contributed by atoms with Crippen LogP contribution in [0.1, 0.15) is 175 Å². The summed E-state index contributed by atoms with van der Waals surface area (Å²) in [5.74, 6) is -19.6. The molecule has 0 bridgehead atoms. The molecule has 5 heterocycles. The van der Waals surface area contributed by atoms with Crippen molar-refractivity contribution in [3.05, 3.63) is 35.9 Å². The van der Waals surface area contributed by atoms with E-state index >= 15 is 0 Å². The average Bonchev–Trinajstić information content (AvgIpc) is 1.70. The molecule has 0 aromatic heterocycles. The Morgan fingerprint density at radius 2 is 0.723 bits per heavy atom. The van der Waals surface area contributed by atoms with Gasteiger partial charge in [-0.05, 0) is 167 Å². The number of carbonyl (C=O) groups is 21. The second kappa shape index (κ2) is 56.6. The topological polar surface area (TPSA) is 804 Å². The van der Waals surface area contributed by atoms with Gasteiger partial charge in [-0.1, -0.05) is 44.2 Å². The Morgan fingerprint density at radius 1 is 0.380 bits per heavy atom. The van der Waals surface area contributed by atoms with Crippen molar-refractivity contribution in [3.8, 4) is 0 Å². The molecule has 1 aromatic rings. The van der Waals surface area contributed by atoms with E-state index in [-0.39, 0.29) is 155 Å². The number of hydrogen-bond donors (Lipinski definition) is 25. The first-order chi connectivity index (χ1) is 65.1. The van der Waals surface area contributed by atoms with Gasteiger partial charge in [-0.2, -0.15) is 0 Å². The van der Waals surface area contributed by atoms with Crippen LogP contribution in [0.2, 0.25) is 0 Å². The zero-order valence-electron chi connectivity index (χ0n) is 77.8. The van der Waals surface area contributed by atoms with Crippen molar-refractivity contribution in [2.24, 2.45) is 40.3 Å². The van der Waals surface area contributed by atoms with Gasteiger partial charge in [-0.25, -0.2) is 4.79 Å². The molecule has 0 saturated carbocycles. The summed E-state index contributed by atoms with van der Waals surface area (Å²) >= 11 is 0. The van der Waals surface area contributed by atoms with Gasteiger partial charge in [0, 0.05) is 58.5 Å². The largest absolute Gasteiger partial charge is 0.480 e. The highest BCUT2D eigenvalue weighted by molar-refractivity contribution is 6.02. The first-order valence-electron chi connectivity index (χ1n) is 46.4. The van der Waals surface area contributed by atoms with Crippen molar-refractivity contribution in [2.45, 2.75) is 278 Å². The molecule has 17 atom stereocenters. The molecule has 5 saturated heterocycles. The molecule has 0 unspecified atom stereocenters. The maximum Gasteiger partial charge on any atom is 0.326 e. The number of aliphatic hydroxyl groups is 3. The summed E-state index contributed by atoms with van der Waals surface area (Å²) in [6, 6.07) is -15.1. The van der Waals surface area contributed by atoms with Gasteiger partial charge in [0.1, 0.15) is 96.7 Å². The fourth-order valence-corrected chi connectivity index (χ4v) is 16.7. The van der Waals surface area contributed by atoms with Crippen molar-refractivity contribution < 1.29 is 121 Å². The Kier molecular flexibility index (Phi) is 46.6. The molecule has 31 N–H and O–H groups in total. The van der Waals surface area contributed by atoms with Crippen molar-refractivity contribution in [1.29, 1.82) is 5.41 Å². The Morgan fingerprint density at radius 3 is 1.12 bits per heavy atom. The van der Waals surface area contributed by atoms with Crippen LogP contribution >= 0.6 is 0 Å². The lowest BCUT2D eigenvalue weighted by Crippen LogP contribution is -2.60. The number of nitrogens with zero attached hydrogens (tertiary/aromatic N) is 5. The summed E-state index contributed by atoms with van der Waals surface area (Å²) in [6.45, 7) is 1.77. The summed E-state index contributed by atoms with van der Waals surface area (Å²) in [7, 11) is 0. The van der Waals surface area contributed by atoms with Crippen LogP contribution in [0.3, 0.4) is 0 Å². The molecule has 0 aliphatic carbocycles. The smallest absolute Gasteiger partial charge is 0.326 e. The van der Waals surface area contributed by atoms with E-state index in [0.29, 0.717) is 50.5 Å². The van der Waals surface area contributed by atoms with Crippen LogP contribution in [0.15, 0.2) is 30.3 Å². The molecule has 5 aliphatic heterocycles. The standard InChI is InChI=1S/C86H138N26O25/c1-46(2)68(107-80(131)60-24-14-36-109(60)67(119)42-96-71(122)57(44-114)105-73(124)51(28-30-64(90)116)98-69(120)47(3)89)81(132)99-50(22-12-34-94-86(92)93)72(123)104-56(43-113)70(121)95-41-66(118)108-35-13-23-59(108)76(127)100-52(20-8-10-32-87)83(134)112-39-17-27-63(112)79(130)103-55(40-49-18-6-5-7-19-49)74(125)106-58(45-115)75(126)97-48(4)82(133)110-37-15-25-61(110)77(128)101-53(21-9-11-33-88)84(135)111-38-16-26-62(111)78(129)102-54(85(136)137)29-31-65(91)117/h5-7,18-19,46-48,50-63,68,113-115H,8-17,20-45,87-89H2,1-4H3,(H2,90,116)(H2,91,117)(H,95,121)(H,96,122)(H,97,126)(H,98,120)(H,99,132)(H,100,127)(H,101,128)(H,102,129)(H,103,130)(H,104,123)(H,105,124)(H,106,125)(H,107,131)(H,136,137)(H4,92,93,94)/t47-,48-,50-,51-,52-,53-,54-,55-,56-,57-,58-,59-,60-,61-,62-,63-,68-/m0/s1. The zero-order valence-corrected chi connectivity index (χ0v) is 77.8. The third kappa shape index (κ3) is 34.7. The third-order valence-electron chi connectivity index (χ3n) is 24.2. The number of hydrogen-bond acceptors (Lipinski definition) is 28. The van der Waals surface area contributed by atoms with E-state index in [9.17, 15) is 121 Å². The van der Waals surface area contributed by atoms with Crippen LogP contribution in [-0.2, 0) is 107 Å². The Labute approximate surface area is 791 Å². The van der Waals surface area contributed by atoms with E-state index in [1.165, 1.54) is 33.4 Å². The molecule has 5 aliphatic rings. The summed E-state index contributed by atoms with van der Waals surface area (Å²) < 4.78 is 0. The molecule has 137 heavy (non-hydrogen) atoms. The van der Waals surface area contributed by atoms with Crippen LogP contribution in [0.5, 0.6) is 0 Å². The van der Waals surface area contributed by atoms with Crippen molar-refractivity contribution in [2.75, 3.05) is 85.3 Å². The lowest BCUT2D eigenvalue weighted by Gasteiger charge is -2.32. The van der Waals surface area contributed by atoms with E-state index in [2.05, 4.69) is 74.4 Å². The molecule has 20 amide bonds. The van der Waals surface area contributed by atoms with Crippen molar-refractivity contribution in [1.82, 2.24) is 98.9 Å².